The first kappa shape index (κ1) is 25.6. The van der Waals surface area contributed by atoms with Crippen LogP contribution in [-0.4, -0.2) is 75.1 Å². The zero-order valence-electron chi connectivity index (χ0n) is 19.0. The Bertz CT molecular complexity index is 1120. The molecule has 0 aromatic heterocycles. The van der Waals surface area contributed by atoms with E-state index in [0.29, 0.717) is 49.5 Å². The molecular weight excluding hydrogens is 461 g/mol. The first-order chi connectivity index (χ1) is 16.1. The van der Waals surface area contributed by atoms with Gasteiger partial charge in [-0.2, -0.15) is 0 Å². The number of nitrogens with two attached hydrogens (primary N) is 1. The molecule has 1 saturated heterocycles. The Balaban J connectivity index is 1.42. The second kappa shape index (κ2) is 11.4. The lowest BCUT2D eigenvalue weighted by atomic mass is 10.0. The fraction of sp³-hybridized carbons (Fsp3) is 0.391. The third-order valence-corrected chi connectivity index (χ3v) is 6.03. The molecule has 0 bridgehead atoms. The second-order valence-electron chi connectivity index (χ2n) is 8.42. The zero-order chi connectivity index (χ0) is 24.7. The van der Waals surface area contributed by atoms with Crippen LogP contribution >= 0.6 is 0 Å². The van der Waals surface area contributed by atoms with Crippen molar-refractivity contribution >= 4 is 33.2 Å². The molecule has 9 nitrogen and oxygen atoms in total. The summed E-state index contributed by atoms with van der Waals surface area (Å²) < 4.78 is 38.9. The number of nitrogens with one attached hydrogen (secondary N) is 2. The summed E-state index contributed by atoms with van der Waals surface area (Å²) in [5.74, 6) is -0.637. The van der Waals surface area contributed by atoms with E-state index in [9.17, 15) is 22.4 Å². The van der Waals surface area contributed by atoms with Crippen molar-refractivity contribution in [3.8, 4) is 0 Å². The average molecular weight is 492 g/mol. The van der Waals surface area contributed by atoms with Crippen molar-refractivity contribution in [2.45, 2.75) is 18.9 Å². The number of hydrogen-bond acceptors (Lipinski definition) is 6. The maximum atomic E-state index is 13.8. The van der Waals surface area contributed by atoms with Gasteiger partial charge in [-0.05, 0) is 36.2 Å². The number of carbonyl (C=O) groups excluding carboxylic acids is 2. The van der Waals surface area contributed by atoms with Crippen LogP contribution in [0.5, 0.6) is 0 Å². The number of rotatable bonds is 9. The molecule has 1 atom stereocenters. The van der Waals surface area contributed by atoms with Gasteiger partial charge in [0.05, 0.1) is 18.5 Å². The Morgan fingerprint density at radius 3 is 2.41 bits per heavy atom. The van der Waals surface area contributed by atoms with Gasteiger partial charge < -0.3 is 16.0 Å². The van der Waals surface area contributed by atoms with E-state index in [1.54, 1.807) is 47.4 Å². The number of amides is 2. The largest absolute Gasteiger partial charge is 0.340 e. The van der Waals surface area contributed by atoms with Crippen LogP contribution in [0, 0.1) is 5.82 Å². The maximum absolute atomic E-state index is 13.8. The topological polar surface area (TPSA) is 125 Å². The molecule has 4 N–H and O–H groups in total. The van der Waals surface area contributed by atoms with Crippen molar-refractivity contribution in [2.75, 3.05) is 49.0 Å². The highest BCUT2D eigenvalue weighted by Crippen LogP contribution is 2.16. The molecule has 11 heteroatoms. The minimum absolute atomic E-state index is 0.0804. The van der Waals surface area contributed by atoms with Crippen molar-refractivity contribution in [3.05, 3.63) is 59.9 Å². The first-order valence-electron chi connectivity index (χ1n) is 11.0. The molecule has 1 heterocycles. The van der Waals surface area contributed by atoms with Gasteiger partial charge in [0.1, 0.15) is 5.82 Å². The molecule has 0 spiro atoms. The van der Waals surface area contributed by atoms with Crippen LogP contribution in [0.2, 0.25) is 0 Å². The molecule has 1 aliphatic rings. The van der Waals surface area contributed by atoms with Crippen molar-refractivity contribution in [2.24, 2.45) is 5.73 Å². The lowest BCUT2D eigenvalue weighted by molar-refractivity contribution is -0.133. The van der Waals surface area contributed by atoms with E-state index < -0.39 is 16.1 Å². The molecule has 1 unspecified atom stereocenters. The quantitative estimate of drug-likeness (QED) is 0.485. The number of sulfonamides is 1. The minimum Gasteiger partial charge on any atom is -0.340 e. The summed E-state index contributed by atoms with van der Waals surface area (Å²) in [7, 11) is -3.41. The van der Waals surface area contributed by atoms with Gasteiger partial charge in [0.2, 0.25) is 21.8 Å². The van der Waals surface area contributed by atoms with Crippen LogP contribution in [0.3, 0.4) is 0 Å². The SMILES string of the molecule is CS(=O)(=O)Nc1cccc(NC(=O)CN2CCN(C(=O)CC(N)Cc3ccccc3F)CC2)c1. The normalized spacial score (nSPS) is 15.6. The molecule has 1 fully saturated rings. The number of hydrogen-bond donors (Lipinski definition) is 3. The lowest BCUT2D eigenvalue weighted by Gasteiger charge is -2.34. The van der Waals surface area contributed by atoms with Gasteiger partial charge in [-0.3, -0.25) is 19.2 Å². The number of halogens is 1. The van der Waals surface area contributed by atoms with Crippen molar-refractivity contribution in [1.29, 1.82) is 0 Å². The Hall–Kier alpha value is -3.02. The smallest absolute Gasteiger partial charge is 0.238 e. The van der Waals surface area contributed by atoms with E-state index in [-0.39, 0.29) is 30.6 Å². The molecule has 184 valence electrons. The van der Waals surface area contributed by atoms with Crippen molar-refractivity contribution < 1.29 is 22.4 Å². The zero-order valence-corrected chi connectivity index (χ0v) is 19.9. The van der Waals surface area contributed by atoms with Crippen LogP contribution in [0.25, 0.3) is 0 Å². The van der Waals surface area contributed by atoms with Crippen molar-refractivity contribution in [3.63, 3.8) is 0 Å². The summed E-state index contributed by atoms with van der Waals surface area (Å²) >= 11 is 0. The summed E-state index contributed by atoms with van der Waals surface area (Å²) in [6.45, 7) is 2.19. The average Bonchev–Trinajstić information content (AvgIpc) is 2.75. The van der Waals surface area contributed by atoms with Gasteiger partial charge >= 0.3 is 0 Å². The van der Waals surface area contributed by atoms with Gasteiger partial charge in [-0.25, -0.2) is 12.8 Å². The lowest BCUT2D eigenvalue weighted by Crippen LogP contribution is -2.51. The number of benzene rings is 2. The maximum Gasteiger partial charge on any atom is 0.238 e. The van der Waals surface area contributed by atoms with Gasteiger partial charge in [-0.1, -0.05) is 24.3 Å². The number of anilines is 2. The summed E-state index contributed by atoms with van der Waals surface area (Å²) in [5, 5.41) is 2.76. The van der Waals surface area contributed by atoms with Crippen molar-refractivity contribution in [1.82, 2.24) is 9.80 Å². The fourth-order valence-corrected chi connectivity index (χ4v) is 4.36. The molecule has 0 aliphatic carbocycles. The standard InChI is InChI=1S/C23H30FN5O4S/c1-34(32,33)27-20-7-4-6-19(15-20)26-22(30)16-28-9-11-29(12-10-28)23(31)14-18(25)13-17-5-2-3-8-21(17)24/h2-8,15,18,27H,9-14,16,25H2,1H3,(H,26,30). The van der Waals surface area contributed by atoms with Crippen LogP contribution in [0.4, 0.5) is 15.8 Å². The molecule has 0 radical (unpaired) electrons. The van der Waals surface area contributed by atoms with E-state index in [4.69, 9.17) is 5.73 Å². The molecule has 3 rings (SSSR count). The number of nitrogens with zero attached hydrogens (tertiary/aromatic N) is 2. The van der Waals surface area contributed by atoms with E-state index in [0.717, 1.165) is 6.26 Å². The monoisotopic (exact) mass is 491 g/mol. The minimum atomic E-state index is -3.41. The molecule has 2 aromatic carbocycles. The van der Waals surface area contributed by atoms with Gasteiger partial charge in [-0.15, -0.1) is 0 Å². The van der Waals surface area contributed by atoms with E-state index in [1.807, 2.05) is 4.90 Å². The molecule has 0 saturated carbocycles. The van der Waals surface area contributed by atoms with Crippen LogP contribution < -0.4 is 15.8 Å². The predicted octanol–water partition coefficient (Wildman–Crippen LogP) is 1.24. The van der Waals surface area contributed by atoms with Crippen LogP contribution in [-0.2, 0) is 26.0 Å². The summed E-state index contributed by atoms with van der Waals surface area (Å²) in [4.78, 5) is 28.7. The first-order valence-corrected chi connectivity index (χ1v) is 12.8. The van der Waals surface area contributed by atoms with E-state index in [2.05, 4.69) is 10.0 Å². The highest BCUT2D eigenvalue weighted by Gasteiger charge is 2.24. The Morgan fingerprint density at radius 2 is 1.74 bits per heavy atom. The highest BCUT2D eigenvalue weighted by molar-refractivity contribution is 7.92. The summed E-state index contributed by atoms with van der Waals surface area (Å²) in [6, 6.07) is 12.4. The van der Waals surface area contributed by atoms with Crippen LogP contribution in [0.15, 0.2) is 48.5 Å². The van der Waals surface area contributed by atoms with Gasteiger partial charge in [0, 0.05) is 44.3 Å². The Kier molecular flexibility index (Phi) is 8.59. The molecule has 2 amide bonds. The third kappa shape index (κ3) is 8.08. The molecule has 34 heavy (non-hydrogen) atoms. The molecular formula is C23H30FN5O4S. The summed E-state index contributed by atoms with van der Waals surface area (Å²) in [6.07, 6.45) is 1.48. The van der Waals surface area contributed by atoms with Gasteiger partial charge in [0.15, 0.2) is 0 Å². The van der Waals surface area contributed by atoms with E-state index in [1.165, 1.54) is 6.07 Å². The van der Waals surface area contributed by atoms with Crippen LogP contribution in [0.1, 0.15) is 12.0 Å². The number of carbonyl (C=O) groups is 2. The predicted molar refractivity (Wildman–Crippen MR) is 129 cm³/mol. The molecule has 1 aliphatic heterocycles. The fourth-order valence-electron chi connectivity index (χ4n) is 3.81. The van der Waals surface area contributed by atoms with Gasteiger partial charge in [0.25, 0.3) is 0 Å². The van der Waals surface area contributed by atoms with E-state index >= 15 is 0 Å². The Labute approximate surface area is 199 Å². The second-order valence-corrected chi connectivity index (χ2v) is 10.2. The third-order valence-electron chi connectivity index (χ3n) is 5.42. The molecule has 2 aromatic rings. The summed E-state index contributed by atoms with van der Waals surface area (Å²) in [5.41, 5.74) is 7.42. The highest BCUT2D eigenvalue weighted by atomic mass is 32.2. The number of piperazine rings is 1. The Morgan fingerprint density at radius 1 is 1.06 bits per heavy atom.